The van der Waals surface area contributed by atoms with Crippen LogP contribution in [0.4, 0.5) is 0 Å². The molecule has 3 unspecified atom stereocenters. The van der Waals surface area contributed by atoms with Gasteiger partial charge in [0, 0.05) is 26.6 Å². The minimum absolute atomic E-state index is 0.236. The van der Waals surface area contributed by atoms with Gasteiger partial charge in [0.15, 0.2) is 6.23 Å². The molecule has 1 spiro atoms. The molecule has 0 aromatic rings. The quantitative estimate of drug-likeness (QED) is 0.0902. The number of hydrogen-bond acceptors (Lipinski definition) is 4. The molecule has 0 amide bonds. The molecule has 3 aliphatic rings. The molecule has 0 aromatic heterocycles. The van der Waals surface area contributed by atoms with E-state index < -0.39 is 0 Å². The summed E-state index contributed by atoms with van der Waals surface area (Å²) in [6.45, 7) is 17.7. The van der Waals surface area contributed by atoms with E-state index in [1.54, 1.807) is 37.5 Å². The first kappa shape index (κ1) is 52.1. The number of piperazine rings is 1. The molecular formula is C28H65Cl2N7O2Pt2-4. The van der Waals surface area contributed by atoms with E-state index in [1.165, 1.54) is 90.8 Å². The maximum absolute atomic E-state index is 6.39. The second kappa shape index (κ2) is 46.0. The number of hydrogen-bond donors (Lipinski definition) is 1. The van der Waals surface area contributed by atoms with E-state index in [2.05, 4.69) is 58.8 Å². The predicted molar refractivity (Wildman–Crippen MR) is 173 cm³/mol. The zero-order valence-electron chi connectivity index (χ0n) is 26.9. The van der Waals surface area contributed by atoms with E-state index in [0.717, 1.165) is 24.2 Å². The summed E-state index contributed by atoms with van der Waals surface area (Å²) in [5.74, 6) is 0. The fraction of sp³-hybridized carbons (Fsp3) is 0.964. The van der Waals surface area contributed by atoms with Crippen LogP contribution in [0.1, 0.15) is 105 Å². The molecule has 262 valence electrons. The van der Waals surface area contributed by atoms with Crippen molar-refractivity contribution in [2.24, 2.45) is 0 Å². The van der Waals surface area contributed by atoms with Gasteiger partial charge in [-0.25, -0.2) is 6.42 Å². The van der Waals surface area contributed by atoms with Crippen molar-refractivity contribution in [2.75, 3.05) is 59.9 Å². The monoisotopic (exact) mass is 991 g/mol. The number of hydroxylamine groups is 5. The number of quaternary nitrogens is 1. The van der Waals surface area contributed by atoms with Gasteiger partial charge in [-0.05, 0) is 19.3 Å². The van der Waals surface area contributed by atoms with Crippen LogP contribution < -0.4 is 5.32 Å². The Balaban J connectivity index is -0.000000140. The van der Waals surface area contributed by atoms with Crippen LogP contribution in [0.2, 0.25) is 0 Å². The molecule has 5 N–H and O–H groups in total. The molecule has 3 atom stereocenters. The van der Waals surface area contributed by atoms with Crippen molar-refractivity contribution in [1.29, 1.82) is 0 Å². The Bertz CT molecular complexity index is 429. The molecule has 3 aliphatic heterocycles. The zero-order chi connectivity index (χ0) is 32.8. The van der Waals surface area contributed by atoms with Crippen LogP contribution in [0, 0.1) is 6.92 Å². The van der Waals surface area contributed by atoms with Crippen LogP contribution in [-0.4, -0.2) is 82.1 Å². The van der Waals surface area contributed by atoms with Crippen molar-refractivity contribution in [3.05, 3.63) is 29.9 Å². The molecule has 0 bridgehead atoms. The third-order valence-corrected chi connectivity index (χ3v) is 5.70. The van der Waals surface area contributed by atoms with E-state index in [-0.39, 0.29) is 13.1 Å². The van der Waals surface area contributed by atoms with Gasteiger partial charge >= 0.3 is 56.4 Å². The van der Waals surface area contributed by atoms with E-state index in [1.807, 2.05) is 12.1 Å². The fourth-order valence-corrected chi connectivity index (χ4v) is 3.56. The third kappa shape index (κ3) is 39.6. The van der Waals surface area contributed by atoms with Crippen LogP contribution >= 0.6 is 18.8 Å². The smallest absolute Gasteiger partial charge is 0.171 e. The molecule has 0 saturated carbocycles. The molecule has 3 saturated heterocycles. The first-order valence-electron chi connectivity index (χ1n) is 15.1. The molecule has 9 nitrogen and oxygen atoms in total. The minimum atomic E-state index is 0.236. The summed E-state index contributed by atoms with van der Waals surface area (Å²) in [5.41, 5.74) is 24.7. The van der Waals surface area contributed by atoms with Crippen molar-refractivity contribution in [2.45, 2.75) is 117 Å². The maximum atomic E-state index is 6.39. The Morgan fingerprint density at radius 3 is 1.51 bits per heavy atom. The predicted octanol–water partition coefficient (Wildman–Crippen LogP) is 9.62. The molecular weight excluding hydrogens is 927 g/mol. The van der Waals surface area contributed by atoms with Crippen LogP contribution in [-0.2, 0) is 47.2 Å². The van der Waals surface area contributed by atoms with Crippen molar-refractivity contribution in [3.8, 4) is 0 Å². The van der Waals surface area contributed by atoms with E-state index in [0.29, 0.717) is 19.0 Å². The summed E-state index contributed by atoms with van der Waals surface area (Å²) >= 11 is 3.22. The fourth-order valence-electron chi connectivity index (χ4n) is 3.56. The van der Waals surface area contributed by atoms with Crippen molar-refractivity contribution in [1.82, 2.24) is 10.4 Å². The van der Waals surface area contributed by atoms with Gasteiger partial charge in [0.25, 0.3) is 6.23 Å². The number of rotatable bonds is 12. The summed E-state index contributed by atoms with van der Waals surface area (Å²) in [7, 11) is 12.5. The van der Waals surface area contributed by atoms with Crippen molar-refractivity contribution in [3.63, 3.8) is 0 Å². The molecule has 3 fully saturated rings. The second-order valence-electron chi connectivity index (χ2n) is 9.33. The van der Waals surface area contributed by atoms with Gasteiger partial charge in [0.2, 0.25) is 0 Å². The minimum Gasteiger partial charge on any atom is -0.679 e. The van der Waals surface area contributed by atoms with Crippen molar-refractivity contribution >= 4 is 18.8 Å². The Kier molecular flexibility index (Phi) is 58.5. The maximum Gasteiger partial charge on any atom is -0.171 e. The van der Waals surface area contributed by atoms with Crippen LogP contribution in [0.25, 0.3) is 22.9 Å². The average molecular weight is 993 g/mol. The topological polar surface area (TPSA) is 135 Å². The van der Waals surface area contributed by atoms with E-state index in [9.17, 15) is 0 Å². The third-order valence-electron chi connectivity index (χ3n) is 5.70. The summed E-state index contributed by atoms with van der Waals surface area (Å²) in [5, 5.41) is 5.30. The standard InChI is InChI=1S/C11H23N2O.C8H17NO.C3H7N.C3H8.C2H6N2.CH4N.2ClH.2Pt/c1-2-3-4-5-6-11-13(14-11)9-7-12-8-10-13;1-3-4-5-6-7-8-9(2)10-8;1-2-3-4;1-3-2;3-1-2-4;1-2;;;;/h11-12H,2-10H2,1H3;8H,3-7H2,1-2H3;4H,1-3H2;3H2,1-2H3;3-4H,1-2H2;2H,1H3;2*1H;;/q+1;;-2;;-2;-1;;;2*+1/p-2. The van der Waals surface area contributed by atoms with Crippen LogP contribution in [0.5, 0.6) is 0 Å². The molecule has 13 heteroatoms. The van der Waals surface area contributed by atoms with Gasteiger partial charge in [-0.3, -0.25) is 4.84 Å². The summed E-state index contributed by atoms with van der Waals surface area (Å²) in [6, 6.07) is 0. The number of nitrogens with one attached hydrogen (secondary N) is 5. The normalized spacial score (nSPS) is 19.9. The Labute approximate surface area is 286 Å². The summed E-state index contributed by atoms with van der Waals surface area (Å²) < 4.78 is 0.971. The Morgan fingerprint density at radius 1 is 0.805 bits per heavy atom. The first-order chi connectivity index (χ1) is 20.0. The zero-order valence-corrected chi connectivity index (χ0v) is 33.0. The number of nitrogens with zero attached hydrogens (tertiary/aromatic N) is 2. The Morgan fingerprint density at radius 2 is 1.20 bits per heavy atom. The Hall–Kier alpha value is 1.60. The van der Waals surface area contributed by atoms with Crippen molar-refractivity contribution < 1.29 is 51.9 Å². The molecule has 0 aromatic carbocycles. The molecule has 41 heavy (non-hydrogen) atoms. The number of halogens is 2. The van der Waals surface area contributed by atoms with Gasteiger partial charge < -0.3 is 35.2 Å². The SMILES string of the molecule is CCC.CCCCCCC1ON1C.CCCCCCC1O[N+]12CCNCC2.C[NH-].[CH2-]CC[NH-].[Cl][Pt].[Cl][Pt].[NH-]CC[NH-]. The summed E-state index contributed by atoms with van der Waals surface area (Å²) in [6.07, 6.45) is 16.3. The molecule has 3 heterocycles. The van der Waals surface area contributed by atoms with Gasteiger partial charge in [-0.1, -0.05) is 72.6 Å². The molecule has 0 radical (unpaired) electrons. The van der Waals surface area contributed by atoms with Gasteiger partial charge in [0.1, 0.15) is 13.1 Å². The second-order valence-corrected chi connectivity index (χ2v) is 9.33. The van der Waals surface area contributed by atoms with E-state index in [4.69, 9.17) is 32.6 Å². The van der Waals surface area contributed by atoms with Gasteiger partial charge in [0.05, 0.1) is 0 Å². The first-order valence-corrected chi connectivity index (χ1v) is 20.7. The van der Waals surface area contributed by atoms with Crippen LogP contribution in [0.15, 0.2) is 0 Å². The van der Waals surface area contributed by atoms with Crippen LogP contribution in [0.3, 0.4) is 0 Å². The summed E-state index contributed by atoms with van der Waals surface area (Å²) in [4.78, 5) is 11.0. The molecule has 3 rings (SSSR count). The van der Waals surface area contributed by atoms with Gasteiger partial charge in [-0.2, -0.15) is 31.7 Å². The average Bonchev–Trinajstić information content (AvgIpc) is 3.93. The largest absolute Gasteiger partial charge is 0.679 e. The van der Waals surface area contributed by atoms with Gasteiger partial charge in [-0.15, -0.1) is 9.48 Å². The van der Waals surface area contributed by atoms with E-state index >= 15 is 0 Å². The number of unbranched alkanes of at least 4 members (excludes halogenated alkanes) is 6. The molecule has 0 aliphatic carbocycles.